The van der Waals surface area contributed by atoms with Gasteiger partial charge in [-0.3, -0.25) is 0 Å². The predicted molar refractivity (Wildman–Crippen MR) is 89.3 cm³/mol. The Kier molecular flexibility index (Phi) is 7.33. The summed E-state index contributed by atoms with van der Waals surface area (Å²) in [6.07, 6.45) is -4.41. The molecule has 0 saturated carbocycles. The Labute approximate surface area is 158 Å². The molecule has 0 amide bonds. The van der Waals surface area contributed by atoms with E-state index in [-0.39, 0.29) is 13.2 Å². The molecule has 2 aromatic carbocycles. The van der Waals surface area contributed by atoms with Gasteiger partial charge in [-0.15, -0.1) is 0 Å². The van der Waals surface area contributed by atoms with E-state index in [4.69, 9.17) is 0 Å². The van der Waals surface area contributed by atoms with Crippen LogP contribution in [0.2, 0.25) is 0 Å². The van der Waals surface area contributed by atoms with E-state index in [0.29, 0.717) is 11.1 Å². The first-order valence-electron chi connectivity index (χ1n) is 7.83. The van der Waals surface area contributed by atoms with Crippen LogP contribution in [0, 0.1) is 0 Å². The molecule has 0 aliphatic rings. The monoisotopic (exact) mass is 425 g/mol. The first-order valence-corrected chi connectivity index (χ1v) is 9.31. The number of halogens is 5. The van der Waals surface area contributed by atoms with Crippen LogP contribution in [0.15, 0.2) is 53.4 Å². The first-order chi connectivity index (χ1) is 13.1. The van der Waals surface area contributed by atoms with Gasteiger partial charge in [-0.25, -0.2) is 13.1 Å². The summed E-state index contributed by atoms with van der Waals surface area (Å²) in [5.41, 5.74) is 0.988. The Morgan fingerprint density at radius 3 is 2.18 bits per heavy atom. The fourth-order valence-corrected chi connectivity index (χ4v) is 3.31. The maximum absolute atomic E-state index is 12.4. The largest absolute Gasteiger partial charge is 0.433 e. The lowest BCUT2D eigenvalue weighted by Crippen LogP contribution is -2.24. The third-order valence-corrected chi connectivity index (χ3v) is 4.82. The number of benzene rings is 2. The van der Waals surface area contributed by atoms with E-state index in [2.05, 4.69) is 14.2 Å². The van der Waals surface area contributed by atoms with E-state index in [1.807, 2.05) is 0 Å². The van der Waals surface area contributed by atoms with Crippen molar-refractivity contribution in [1.82, 2.24) is 4.72 Å². The summed E-state index contributed by atoms with van der Waals surface area (Å²) in [7, 11) is -4.13. The van der Waals surface area contributed by atoms with Gasteiger partial charge < -0.3 is 9.47 Å². The zero-order valence-corrected chi connectivity index (χ0v) is 15.1. The molecular formula is C17H16F5NO4S. The molecule has 0 aliphatic heterocycles. The molecule has 0 heterocycles. The van der Waals surface area contributed by atoms with Crippen LogP contribution >= 0.6 is 0 Å². The topological polar surface area (TPSA) is 64.6 Å². The van der Waals surface area contributed by atoms with Gasteiger partial charge in [0.05, 0.1) is 6.61 Å². The van der Waals surface area contributed by atoms with E-state index in [1.54, 1.807) is 0 Å². The van der Waals surface area contributed by atoms with Gasteiger partial charge in [0.15, 0.2) is 0 Å². The summed E-state index contributed by atoms with van der Waals surface area (Å²) < 4.78 is 96.6. The Balaban J connectivity index is 1.98. The molecule has 0 atom stereocenters. The molecule has 0 saturated heterocycles. The quantitative estimate of drug-likeness (QED) is 0.620. The lowest BCUT2D eigenvalue weighted by Gasteiger charge is -2.12. The average molecular weight is 425 g/mol. The van der Waals surface area contributed by atoms with Gasteiger partial charge >= 0.3 is 12.8 Å². The van der Waals surface area contributed by atoms with Crippen LogP contribution in [0.3, 0.4) is 0 Å². The number of para-hydroxylation sites is 1. The number of hydrogen-bond acceptors (Lipinski definition) is 4. The third-order valence-electron chi connectivity index (χ3n) is 3.38. The third kappa shape index (κ3) is 7.06. The van der Waals surface area contributed by atoms with Crippen molar-refractivity contribution >= 4 is 10.0 Å². The Hall–Kier alpha value is -2.24. The summed E-state index contributed by atoms with van der Waals surface area (Å²) in [6, 6.07) is 11.0. The van der Waals surface area contributed by atoms with Gasteiger partial charge in [0.1, 0.15) is 17.3 Å². The fraction of sp³-hybridized carbons (Fsp3) is 0.294. The van der Waals surface area contributed by atoms with Crippen molar-refractivity contribution in [1.29, 1.82) is 0 Å². The number of sulfonamides is 1. The van der Waals surface area contributed by atoms with Crippen LogP contribution in [0.25, 0.3) is 0 Å². The van der Waals surface area contributed by atoms with Crippen LogP contribution in [0.1, 0.15) is 11.1 Å². The highest BCUT2D eigenvalue weighted by Gasteiger charge is 2.27. The molecule has 0 aromatic heterocycles. The minimum Gasteiger partial charge on any atom is -0.433 e. The maximum atomic E-state index is 12.4. The van der Waals surface area contributed by atoms with E-state index < -0.39 is 40.1 Å². The van der Waals surface area contributed by atoms with Crippen LogP contribution in [-0.4, -0.2) is 27.8 Å². The summed E-state index contributed by atoms with van der Waals surface area (Å²) >= 11 is 0. The van der Waals surface area contributed by atoms with Crippen molar-refractivity contribution in [3.8, 4) is 5.75 Å². The summed E-state index contributed by atoms with van der Waals surface area (Å²) in [4.78, 5) is -0.438. The molecule has 2 rings (SSSR count). The van der Waals surface area contributed by atoms with Gasteiger partial charge in [-0.05, 0) is 23.3 Å². The van der Waals surface area contributed by atoms with Gasteiger partial charge in [0, 0.05) is 6.54 Å². The molecule has 2 aromatic rings. The molecule has 0 radical (unpaired) electrons. The van der Waals surface area contributed by atoms with Gasteiger partial charge in [0.25, 0.3) is 0 Å². The van der Waals surface area contributed by atoms with Gasteiger partial charge in [-0.2, -0.15) is 22.0 Å². The second kappa shape index (κ2) is 9.30. The zero-order valence-electron chi connectivity index (χ0n) is 14.2. The molecule has 0 fully saturated rings. The van der Waals surface area contributed by atoms with E-state index in [9.17, 15) is 30.4 Å². The number of ether oxygens (including phenoxy) is 2. The number of rotatable bonds is 9. The highest BCUT2D eigenvalue weighted by molar-refractivity contribution is 7.89. The van der Waals surface area contributed by atoms with Crippen molar-refractivity contribution in [2.24, 2.45) is 0 Å². The first kappa shape index (κ1) is 22.1. The van der Waals surface area contributed by atoms with E-state index >= 15 is 0 Å². The molecule has 0 aliphatic carbocycles. The van der Waals surface area contributed by atoms with Crippen molar-refractivity contribution in [3.63, 3.8) is 0 Å². The Morgan fingerprint density at radius 2 is 1.57 bits per heavy atom. The number of nitrogens with one attached hydrogen (secondary N) is 1. The molecule has 11 heteroatoms. The lowest BCUT2D eigenvalue weighted by atomic mass is 10.1. The molecule has 154 valence electrons. The molecular weight excluding hydrogens is 409 g/mol. The smallest absolute Gasteiger partial charge is 0.411 e. The molecule has 5 nitrogen and oxygen atoms in total. The normalized spacial score (nSPS) is 12.4. The molecule has 0 spiro atoms. The molecule has 0 unspecified atom stereocenters. The van der Waals surface area contributed by atoms with Crippen LogP contribution in [-0.2, 0) is 27.9 Å². The zero-order chi connectivity index (χ0) is 20.8. The minimum absolute atomic E-state index is 0.158. The lowest BCUT2D eigenvalue weighted by molar-refractivity contribution is -0.176. The van der Waals surface area contributed by atoms with E-state index in [1.165, 1.54) is 36.4 Å². The molecule has 28 heavy (non-hydrogen) atoms. The predicted octanol–water partition coefficient (Wildman–Crippen LogP) is 3.85. The summed E-state index contributed by atoms with van der Waals surface area (Å²) in [6.45, 7) is -4.95. The number of hydrogen-bond donors (Lipinski definition) is 1. The standard InChI is InChI=1S/C17H16F5NO4S/c18-16(19)27-14-3-1-2-4-15(14)28(24,25)23-9-12-5-7-13(8-6-12)10-26-11-17(20,21)22/h1-8,16,23H,9-11H2. The highest BCUT2D eigenvalue weighted by Crippen LogP contribution is 2.25. The summed E-state index contributed by atoms with van der Waals surface area (Å²) in [5, 5.41) is 0. The SMILES string of the molecule is O=S(=O)(NCc1ccc(COCC(F)(F)F)cc1)c1ccccc1OC(F)F. The van der Waals surface area contributed by atoms with Crippen molar-refractivity contribution in [2.45, 2.75) is 30.8 Å². The Morgan fingerprint density at radius 1 is 0.964 bits per heavy atom. The van der Waals surface area contributed by atoms with Crippen LogP contribution in [0.4, 0.5) is 22.0 Å². The second-order valence-corrected chi connectivity index (χ2v) is 7.31. The average Bonchev–Trinajstić information content (AvgIpc) is 2.60. The maximum Gasteiger partial charge on any atom is 0.411 e. The minimum atomic E-state index is -4.41. The second-order valence-electron chi connectivity index (χ2n) is 5.57. The molecule has 0 bridgehead atoms. The number of alkyl halides is 5. The Bertz CT molecular complexity index is 870. The van der Waals surface area contributed by atoms with Crippen LogP contribution < -0.4 is 9.46 Å². The molecule has 1 N–H and O–H groups in total. The highest BCUT2D eigenvalue weighted by atomic mass is 32.2. The van der Waals surface area contributed by atoms with Crippen LogP contribution in [0.5, 0.6) is 5.75 Å². The van der Waals surface area contributed by atoms with Gasteiger partial charge in [-0.1, -0.05) is 36.4 Å². The summed E-state index contributed by atoms with van der Waals surface area (Å²) in [5.74, 6) is -0.484. The van der Waals surface area contributed by atoms with Crippen molar-refractivity contribution in [3.05, 3.63) is 59.7 Å². The van der Waals surface area contributed by atoms with E-state index in [0.717, 1.165) is 12.1 Å². The van der Waals surface area contributed by atoms with Crippen molar-refractivity contribution in [2.75, 3.05) is 6.61 Å². The van der Waals surface area contributed by atoms with Gasteiger partial charge in [0.2, 0.25) is 10.0 Å². The van der Waals surface area contributed by atoms with Crippen molar-refractivity contribution < 1.29 is 39.8 Å². The fourth-order valence-electron chi connectivity index (χ4n) is 2.16.